The van der Waals surface area contributed by atoms with Crippen molar-refractivity contribution in [1.82, 2.24) is 9.80 Å². The second-order valence-corrected chi connectivity index (χ2v) is 6.77. The van der Waals surface area contributed by atoms with Gasteiger partial charge in [-0.05, 0) is 29.8 Å². The quantitative estimate of drug-likeness (QED) is 0.851. The number of methoxy groups -OCH3 is 1. The molecule has 0 unspecified atom stereocenters. The molecule has 2 amide bonds. The first-order valence-electron chi connectivity index (χ1n) is 8.48. The molecular weight excluding hydrogens is 335 g/mol. The molecule has 4 rings (SSSR count). The molecular formula is C20H19FN2O3. The minimum atomic E-state index is -1.05. The van der Waals surface area contributed by atoms with Gasteiger partial charge in [0.25, 0.3) is 11.8 Å². The summed E-state index contributed by atoms with van der Waals surface area (Å²) in [6.07, 6.45) is 0.503. The molecule has 0 N–H and O–H groups in total. The number of nitrogens with zero attached hydrogens (tertiary/aromatic N) is 2. The minimum Gasteiger partial charge on any atom is -0.497 e. The van der Waals surface area contributed by atoms with E-state index in [-0.39, 0.29) is 23.9 Å². The van der Waals surface area contributed by atoms with Gasteiger partial charge in [0.05, 0.1) is 7.11 Å². The van der Waals surface area contributed by atoms with Crippen LogP contribution in [0.15, 0.2) is 42.5 Å². The molecule has 2 aromatic carbocycles. The fourth-order valence-corrected chi connectivity index (χ4v) is 3.99. The van der Waals surface area contributed by atoms with Crippen molar-refractivity contribution < 1.29 is 18.7 Å². The van der Waals surface area contributed by atoms with E-state index in [1.165, 1.54) is 12.1 Å². The first-order chi connectivity index (χ1) is 12.5. The highest BCUT2D eigenvalue weighted by atomic mass is 19.1. The predicted octanol–water partition coefficient (Wildman–Crippen LogP) is 2.55. The van der Waals surface area contributed by atoms with Crippen LogP contribution >= 0.6 is 0 Å². The van der Waals surface area contributed by atoms with Gasteiger partial charge in [-0.2, -0.15) is 0 Å². The fourth-order valence-electron chi connectivity index (χ4n) is 3.99. The Hall–Kier alpha value is -2.89. The molecule has 6 heteroatoms. The zero-order valence-electron chi connectivity index (χ0n) is 14.7. The molecule has 1 atom stereocenters. The van der Waals surface area contributed by atoms with Crippen LogP contribution < -0.4 is 4.74 Å². The lowest BCUT2D eigenvalue weighted by atomic mass is 9.87. The summed E-state index contributed by atoms with van der Waals surface area (Å²) in [6.45, 7) is 0.834. The topological polar surface area (TPSA) is 49.9 Å². The summed E-state index contributed by atoms with van der Waals surface area (Å²) in [6, 6.07) is 11.5. The van der Waals surface area contributed by atoms with Crippen LogP contribution in [0.25, 0.3) is 0 Å². The number of carbonyl (C=O) groups is 2. The highest BCUT2D eigenvalue weighted by Gasteiger charge is 2.58. The summed E-state index contributed by atoms with van der Waals surface area (Å²) >= 11 is 0. The van der Waals surface area contributed by atoms with E-state index >= 15 is 0 Å². The molecule has 0 radical (unpaired) electrons. The number of fused-ring (bicyclic) bond motifs is 2. The second-order valence-electron chi connectivity index (χ2n) is 6.77. The Kier molecular flexibility index (Phi) is 3.72. The Morgan fingerprint density at radius 3 is 2.50 bits per heavy atom. The van der Waals surface area contributed by atoms with Gasteiger partial charge in [-0.3, -0.25) is 9.59 Å². The maximum absolute atomic E-state index is 13.7. The number of hydrogen-bond acceptors (Lipinski definition) is 3. The van der Waals surface area contributed by atoms with Crippen molar-refractivity contribution in [3.63, 3.8) is 0 Å². The molecule has 2 aromatic rings. The molecule has 1 fully saturated rings. The van der Waals surface area contributed by atoms with Crippen molar-refractivity contribution >= 4 is 11.8 Å². The molecule has 2 heterocycles. The summed E-state index contributed by atoms with van der Waals surface area (Å²) in [5.41, 5.74) is 0.720. The van der Waals surface area contributed by atoms with Gasteiger partial charge in [0.2, 0.25) is 0 Å². The zero-order valence-corrected chi connectivity index (χ0v) is 14.7. The van der Waals surface area contributed by atoms with Gasteiger partial charge in [-0.25, -0.2) is 4.39 Å². The predicted molar refractivity (Wildman–Crippen MR) is 93.2 cm³/mol. The van der Waals surface area contributed by atoms with Crippen molar-refractivity contribution in [3.05, 3.63) is 65.0 Å². The number of ether oxygens (including phenoxy) is 1. The highest BCUT2D eigenvalue weighted by molar-refractivity contribution is 6.07. The minimum absolute atomic E-state index is 0.121. The van der Waals surface area contributed by atoms with Gasteiger partial charge in [-0.15, -0.1) is 0 Å². The van der Waals surface area contributed by atoms with Gasteiger partial charge in [0.1, 0.15) is 17.1 Å². The highest BCUT2D eigenvalue weighted by Crippen LogP contribution is 2.47. The molecule has 134 valence electrons. The lowest BCUT2D eigenvalue weighted by Crippen LogP contribution is -2.48. The van der Waals surface area contributed by atoms with Crippen LogP contribution in [0.4, 0.5) is 4.39 Å². The number of carbonyl (C=O) groups excluding carboxylic acids is 2. The first kappa shape index (κ1) is 16.6. The van der Waals surface area contributed by atoms with Crippen molar-refractivity contribution in [1.29, 1.82) is 0 Å². The number of benzene rings is 2. The Bertz CT molecular complexity index is 896. The Morgan fingerprint density at radius 2 is 1.88 bits per heavy atom. The standard InChI is InChI=1S/C20H19FN2O3/c1-22-10-9-20(19(22)25)17-8-5-14(21)11-16(17)18(24)23(20)12-13-3-6-15(26-2)7-4-13/h3-8,11H,9-10,12H2,1-2H3/t20-/m1/s1. The van der Waals surface area contributed by atoms with E-state index in [0.29, 0.717) is 18.5 Å². The largest absolute Gasteiger partial charge is 0.497 e. The van der Waals surface area contributed by atoms with Crippen molar-refractivity contribution in [2.75, 3.05) is 20.7 Å². The van der Waals surface area contributed by atoms with E-state index < -0.39 is 11.4 Å². The van der Waals surface area contributed by atoms with E-state index in [4.69, 9.17) is 4.74 Å². The number of hydrogen-bond donors (Lipinski definition) is 0. The molecule has 1 saturated heterocycles. The zero-order chi connectivity index (χ0) is 18.5. The Labute approximate surface area is 151 Å². The molecule has 0 saturated carbocycles. The van der Waals surface area contributed by atoms with Crippen LogP contribution in [0.2, 0.25) is 0 Å². The van der Waals surface area contributed by atoms with Crippen molar-refractivity contribution in [2.24, 2.45) is 0 Å². The van der Waals surface area contributed by atoms with Crippen LogP contribution in [0, 0.1) is 5.82 Å². The average molecular weight is 354 g/mol. The van der Waals surface area contributed by atoms with E-state index in [1.54, 1.807) is 30.0 Å². The lowest BCUT2D eigenvalue weighted by molar-refractivity contribution is -0.136. The van der Waals surface area contributed by atoms with Gasteiger partial charge < -0.3 is 14.5 Å². The van der Waals surface area contributed by atoms with E-state index in [9.17, 15) is 14.0 Å². The van der Waals surface area contributed by atoms with Crippen molar-refractivity contribution in [3.8, 4) is 5.75 Å². The monoisotopic (exact) mass is 354 g/mol. The smallest absolute Gasteiger partial charge is 0.255 e. The SMILES string of the molecule is COc1ccc(CN2C(=O)c3cc(F)ccc3[C@@]23CCN(C)C3=O)cc1. The summed E-state index contributed by atoms with van der Waals surface area (Å²) < 4.78 is 18.9. The molecule has 5 nitrogen and oxygen atoms in total. The van der Waals surface area contributed by atoms with E-state index in [2.05, 4.69) is 0 Å². The molecule has 0 aliphatic carbocycles. The van der Waals surface area contributed by atoms with Gasteiger partial charge >= 0.3 is 0 Å². The second kappa shape index (κ2) is 5.83. The molecule has 1 spiro atoms. The van der Waals surface area contributed by atoms with Crippen LogP contribution in [0.3, 0.4) is 0 Å². The fraction of sp³-hybridized carbons (Fsp3) is 0.300. The van der Waals surface area contributed by atoms with Crippen LogP contribution in [0.1, 0.15) is 27.9 Å². The summed E-state index contributed by atoms with van der Waals surface area (Å²) in [4.78, 5) is 29.3. The van der Waals surface area contributed by atoms with E-state index in [0.717, 1.165) is 11.3 Å². The third kappa shape index (κ3) is 2.21. The number of likely N-dealkylation sites (tertiary alicyclic amines) is 1. The maximum Gasteiger partial charge on any atom is 0.255 e. The van der Waals surface area contributed by atoms with Crippen LogP contribution in [0.5, 0.6) is 5.75 Å². The molecule has 0 aromatic heterocycles. The molecule has 2 aliphatic rings. The summed E-state index contributed by atoms with van der Waals surface area (Å²) in [7, 11) is 3.32. The van der Waals surface area contributed by atoms with Gasteiger partial charge in [-0.1, -0.05) is 18.2 Å². The first-order valence-corrected chi connectivity index (χ1v) is 8.48. The number of amides is 2. The Morgan fingerprint density at radius 1 is 1.15 bits per heavy atom. The average Bonchev–Trinajstić information content (AvgIpc) is 3.07. The molecule has 26 heavy (non-hydrogen) atoms. The molecule has 2 aliphatic heterocycles. The summed E-state index contributed by atoms with van der Waals surface area (Å²) in [5.74, 6) is -0.181. The van der Waals surface area contributed by atoms with Crippen molar-refractivity contribution in [2.45, 2.75) is 18.5 Å². The number of halogens is 1. The Balaban J connectivity index is 1.79. The normalized spacial score (nSPS) is 21.7. The number of rotatable bonds is 3. The lowest BCUT2D eigenvalue weighted by Gasteiger charge is -2.34. The van der Waals surface area contributed by atoms with Crippen LogP contribution in [-0.4, -0.2) is 42.3 Å². The maximum atomic E-state index is 13.7. The third-order valence-corrected chi connectivity index (χ3v) is 5.37. The molecule has 0 bridgehead atoms. The van der Waals surface area contributed by atoms with Gasteiger partial charge in [0.15, 0.2) is 0 Å². The van der Waals surface area contributed by atoms with Gasteiger partial charge in [0, 0.05) is 37.7 Å². The summed E-state index contributed by atoms with van der Waals surface area (Å²) in [5, 5.41) is 0. The number of likely N-dealkylation sites (N-methyl/N-ethyl adjacent to an activating group) is 1. The van der Waals surface area contributed by atoms with E-state index in [1.807, 2.05) is 24.3 Å². The third-order valence-electron chi connectivity index (χ3n) is 5.37. The van der Waals surface area contributed by atoms with Crippen LogP contribution in [-0.2, 0) is 16.9 Å².